The first kappa shape index (κ1) is 19.0. The zero-order valence-corrected chi connectivity index (χ0v) is 17.2. The van der Waals surface area contributed by atoms with Crippen molar-refractivity contribution >= 4 is 22.6 Å². The van der Waals surface area contributed by atoms with Gasteiger partial charge in [0.05, 0.1) is 27.9 Å². The van der Waals surface area contributed by atoms with Crippen LogP contribution >= 0.6 is 11.8 Å². The van der Waals surface area contributed by atoms with Crippen LogP contribution in [0.2, 0.25) is 0 Å². The van der Waals surface area contributed by atoms with Crippen LogP contribution < -0.4 is 19.1 Å². The van der Waals surface area contributed by atoms with E-state index in [1.54, 1.807) is 33.1 Å². The van der Waals surface area contributed by atoms with E-state index in [0.29, 0.717) is 6.54 Å². The third-order valence-corrected chi connectivity index (χ3v) is 6.47. The fraction of sp³-hybridized carbons (Fsp3) is 0.381. The van der Waals surface area contributed by atoms with E-state index >= 15 is 0 Å². The molecule has 0 spiro atoms. The van der Waals surface area contributed by atoms with Gasteiger partial charge in [0, 0.05) is 17.4 Å². The molecule has 4 rings (SSSR count). The highest BCUT2D eigenvalue weighted by Gasteiger charge is 2.53. The first-order chi connectivity index (χ1) is 13.6. The lowest BCUT2D eigenvalue weighted by molar-refractivity contribution is -0.656. The molecule has 0 aliphatic carbocycles. The van der Waals surface area contributed by atoms with Gasteiger partial charge < -0.3 is 19.3 Å². The summed E-state index contributed by atoms with van der Waals surface area (Å²) in [6.45, 7) is 1.21. The lowest BCUT2D eigenvalue weighted by Gasteiger charge is -2.24. The van der Waals surface area contributed by atoms with E-state index in [2.05, 4.69) is 9.48 Å². The number of benzene rings is 2. The number of thioether (sulfide) groups is 1. The second kappa shape index (κ2) is 7.56. The van der Waals surface area contributed by atoms with E-state index in [0.717, 1.165) is 52.4 Å². The fourth-order valence-electron chi connectivity index (χ4n) is 3.80. The number of amidine groups is 1. The summed E-state index contributed by atoms with van der Waals surface area (Å²) >= 11 is 1.76. The first-order valence-corrected chi connectivity index (χ1v) is 10.2. The molecule has 1 N–H and O–H groups in total. The number of hydrogen-bond acceptors (Lipinski definition) is 6. The largest absolute Gasteiger partial charge is 0.497 e. The van der Waals surface area contributed by atoms with Gasteiger partial charge in [0.2, 0.25) is 0 Å². The fourth-order valence-corrected chi connectivity index (χ4v) is 4.97. The highest BCUT2D eigenvalue weighted by molar-refractivity contribution is 8.13. The Morgan fingerprint density at radius 3 is 2.39 bits per heavy atom. The molecule has 2 aromatic carbocycles. The summed E-state index contributed by atoms with van der Waals surface area (Å²) in [7, 11) is 4.95. The van der Waals surface area contributed by atoms with Crippen LogP contribution in [0.1, 0.15) is 12.0 Å². The van der Waals surface area contributed by atoms with Crippen LogP contribution in [0.5, 0.6) is 17.2 Å². The van der Waals surface area contributed by atoms with Gasteiger partial charge in [-0.3, -0.25) is 0 Å². The molecule has 0 saturated carbocycles. The average molecular weight is 402 g/mol. The van der Waals surface area contributed by atoms with Gasteiger partial charge in [-0.2, -0.15) is 0 Å². The van der Waals surface area contributed by atoms with E-state index in [-0.39, 0.29) is 0 Å². The van der Waals surface area contributed by atoms with Crippen LogP contribution in [-0.4, -0.2) is 55.0 Å². The van der Waals surface area contributed by atoms with Crippen LogP contribution in [0, 0.1) is 0 Å². The van der Waals surface area contributed by atoms with Crippen molar-refractivity contribution in [2.24, 2.45) is 0 Å². The van der Waals surface area contributed by atoms with Gasteiger partial charge in [-0.1, -0.05) is 0 Å². The maximum Gasteiger partial charge on any atom is 0.316 e. The Morgan fingerprint density at radius 1 is 1.00 bits per heavy atom. The third kappa shape index (κ3) is 3.08. The van der Waals surface area contributed by atoms with Gasteiger partial charge in [0.1, 0.15) is 11.5 Å². The standard InChI is InChI=1S/C21H25N2O4S/c1-25-16-7-5-15(6-8-16)21(24)14-22(20-23(21)11-4-12-28-20)18-13-17(26-2)9-10-19(18)27-3/h5-10,13,24H,4,11-12,14H2,1-3H3/q+1/t21-/m0/s1. The minimum absolute atomic E-state index is 0.408. The Morgan fingerprint density at radius 2 is 1.71 bits per heavy atom. The van der Waals surface area contributed by atoms with Gasteiger partial charge in [-0.25, -0.2) is 9.48 Å². The van der Waals surface area contributed by atoms with E-state index < -0.39 is 5.72 Å². The highest BCUT2D eigenvalue weighted by Crippen LogP contribution is 2.42. The van der Waals surface area contributed by atoms with Crippen LogP contribution in [0.25, 0.3) is 0 Å². The van der Waals surface area contributed by atoms with Crippen molar-refractivity contribution in [1.29, 1.82) is 0 Å². The summed E-state index contributed by atoms with van der Waals surface area (Å²) in [4.78, 5) is 2.13. The summed E-state index contributed by atoms with van der Waals surface area (Å²) in [6, 6.07) is 13.4. The van der Waals surface area contributed by atoms with Crippen LogP contribution in [0.15, 0.2) is 42.5 Å². The Labute approximate surface area is 169 Å². The summed E-state index contributed by atoms with van der Waals surface area (Å²) in [5.41, 5.74) is 0.613. The number of aliphatic hydroxyl groups is 1. The minimum atomic E-state index is -1.12. The highest BCUT2D eigenvalue weighted by atomic mass is 32.2. The summed E-state index contributed by atoms with van der Waals surface area (Å²) < 4.78 is 18.4. The van der Waals surface area contributed by atoms with Crippen molar-refractivity contribution in [1.82, 2.24) is 0 Å². The molecule has 0 saturated heterocycles. The van der Waals surface area contributed by atoms with Gasteiger partial charge in [-0.15, -0.1) is 0 Å². The molecule has 0 radical (unpaired) electrons. The molecule has 7 heteroatoms. The number of hydrogen-bond donors (Lipinski definition) is 1. The Bertz CT molecular complexity index is 900. The number of rotatable bonds is 5. The smallest absolute Gasteiger partial charge is 0.316 e. The zero-order chi connectivity index (χ0) is 19.7. The van der Waals surface area contributed by atoms with Crippen molar-refractivity contribution in [2.75, 3.05) is 45.1 Å². The molecule has 1 atom stereocenters. The zero-order valence-electron chi connectivity index (χ0n) is 16.3. The summed E-state index contributed by atoms with van der Waals surface area (Å²) in [5, 5.41) is 12.8. The van der Waals surface area contributed by atoms with E-state index in [1.807, 2.05) is 42.5 Å². The van der Waals surface area contributed by atoms with Crippen LogP contribution in [-0.2, 0) is 5.72 Å². The topological polar surface area (TPSA) is 54.2 Å². The number of nitrogens with zero attached hydrogens (tertiary/aromatic N) is 2. The monoisotopic (exact) mass is 401 g/mol. The second-order valence-electron chi connectivity index (χ2n) is 6.81. The minimum Gasteiger partial charge on any atom is -0.497 e. The number of anilines is 1. The predicted octanol–water partition coefficient (Wildman–Crippen LogP) is 2.88. The molecule has 2 aliphatic heterocycles. The molecule has 0 fully saturated rings. The summed E-state index contributed by atoms with van der Waals surface area (Å²) in [6.07, 6.45) is 1.02. The van der Waals surface area contributed by atoms with Crippen molar-refractivity contribution in [3.63, 3.8) is 0 Å². The van der Waals surface area contributed by atoms with Crippen LogP contribution in [0.3, 0.4) is 0 Å². The molecule has 0 aromatic heterocycles. The molecule has 2 aromatic rings. The molecule has 0 amide bonds. The molecule has 2 aliphatic rings. The summed E-state index contributed by atoms with van der Waals surface area (Å²) in [5.74, 6) is 3.30. The molecule has 2 heterocycles. The Kier molecular flexibility index (Phi) is 5.12. The Balaban J connectivity index is 1.80. The molecule has 0 unspecified atom stereocenters. The first-order valence-electron chi connectivity index (χ1n) is 9.24. The number of methoxy groups -OCH3 is 3. The molecule has 148 valence electrons. The normalized spacial score (nSPS) is 21.5. The maximum absolute atomic E-state index is 11.8. The van der Waals surface area contributed by atoms with E-state index in [4.69, 9.17) is 14.2 Å². The van der Waals surface area contributed by atoms with Crippen molar-refractivity contribution in [3.8, 4) is 17.2 Å². The molecular formula is C21H25N2O4S+. The SMILES string of the molecule is COc1ccc([C@@]2(O)CN(c3cc(OC)ccc3OC)C3=[N+]2CCCS3)cc1. The van der Waals surface area contributed by atoms with Crippen molar-refractivity contribution in [2.45, 2.75) is 12.1 Å². The van der Waals surface area contributed by atoms with Gasteiger partial charge in [0.25, 0.3) is 5.72 Å². The van der Waals surface area contributed by atoms with Crippen LogP contribution in [0.4, 0.5) is 5.69 Å². The molecular weight excluding hydrogens is 376 g/mol. The Hall–Kier alpha value is -2.38. The quantitative estimate of drug-likeness (QED) is 0.778. The van der Waals surface area contributed by atoms with E-state index in [1.165, 1.54) is 0 Å². The molecule has 28 heavy (non-hydrogen) atoms. The maximum atomic E-state index is 11.8. The third-order valence-electron chi connectivity index (χ3n) is 5.27. The lowest BCUT2D eigenvalue weighted by Crippen LogP contribution is -2.41. The van der Waals surface area contributed by atoms with Gasteiger partial charge in [0.15, 0.2) is 18.0 Å². The molecule has 0 bridgehead atoms. The second-order valence-corrected chi connectivity index (χ2v) is 7.87. The van der Waals surface area contributed by atoms with Crippen molar-refractivity contribution < 1.29 is 23.9 Å². The molecule has 6 nitrogen and oxygen atoms in total. The number of β-amino-alcohol motifs (C(OH)–C–C–N with tert-alkyl or cyclic N) is 1. The van der Waals surface area contributed by atoms with E-state index in [9.17, 15) is 5.11 Å². The lowest BCUT2D eigenvalue weighted by atomic mass is 10.0. The van der Waals surface area contributed by atoms with Gasteiger partial charge in [-0.05, 0) is 54.6 Å². The van der Waals surface area contributed by atoms with Gasteiger partial charge >= 0.3 is 5.17 Å². The van der Waals surface area contributed by atoms with Crippen molar-refractivity contribution in [3.05, 3.63) is 48.0 Å². The predicted molar refractivity (Wildman–Crippen MR) is 111 cm³/mol. The average Bonchev–Trinajstić information content (AvgIpc) is 3.07. The number of ether oxygens (including phenoxy) is 3.